The fraction of sp³-hybridized carbons (Fsp3) is 0.333. The van der Waals surface area contributed by atoms with Crippen molar-refractivity contribution in [2.45, 2.75) is 19.8 Å². The van der Waals surface area contributed by atoms with Crippen LogP contribution in [0.25, 0.3) is 0 Å². The zero-order valence-electron chi connectivity index (χ0n) is 11.9. The van der Waals surface area contributed by atoms with Crippen LogP contribution in [0, 0.1) is 0 Å². The van der Waals surface area contributed by atoms with E-state index in [2.05, 4.69) is 27.4 Å². The summed E-state index contributed by atoms with van der Waals surface area (Å²) in [6.07, 6.45) is 1.69. The van der Waals surface area contributed by atoms with Crippen LogP contribution in [0.3, 0.4) is 0 Å². The number of nitrogens with two attached hydrogens (primary N) is 1. The summed E-state index contributed by atoms with van der Waals surface area (Å²) >= 11 is 0. The molecule has 0 spiro atoms. The number of aryl methyl sites for hydroxylation is 1. The van der Waals surface area contributed by atoms with Crippen LogP contribution in [-0.4, -0.2) is 23.6 Å². The smallest absolute Gasteiger partial charge is 0.132 e. The van der Waals surface area contributed by atoms with Crippen LogP contribution in [0.2, 0.25) is 0 Å². The maximum atomic E-state index is 5.74. The van der Waals surface area contributed by atoms with Gasteiger partial charge in [0.05, 0.1) is 7.11 Å². The van der Waals surface area contributed by atoms with Gasteiger partial charge in [0.1, 0.15) is 23.2 Å². The molecule has 3 N–H and O–H groups in total. The summed E-state index contributed by atoms with van der Waals surface area (Å²) < 4.78 is 5.14. The number of nitrogen functional groups attached to an aromatic ring is 1. The molecule has 0 aliphatic rings. The van der Waals surface area contributed by atoms with E-state index in [1.54, 1.807) is 13.2 Å². The lowest BCUT2D eigenvalue weighted by Gasteiger charge is -2.08. The Labute approximate surface area is 119 Å². The van der Waals surface area contributed by atoms with Gasteiger partial charge in [-0.25, -0.2) is 9.97 Å². The van der Waals surface area contributed by atoms with Crippen molar-refractivity contribution in [1.82, 2.24) is 9.97 Å². The second kappa shape index (κ2) is 6.75. The molecular weight excluding hydrogens is 252 g/mol. The number of methoxy groups -OCH3 is 1. The molecule has 5 nitrogen and oxygen atoms in total. The highest BCUT2D eigenvalue weighted by Crippen LogP contribution is 2.12. The average Bonchev–Trinajstić information content (AvgIpc) is 2.47. The number of anilines is 2. The van der Waals surface area contributed by atoms with Gasteiger partial charge in [0, 0.05) is 19.0 Å². The zero-order valence-corrected chi connectivity index (χ0v) is 11.9. The summed E-state index contributed by atoms with van der Waals surface area (Å²) in [5.74, 6) is 2.92. The van der Waals surface area contributed by atoms with Crippen LogP contribution in [0.15, 0.2) is 30.3 Å². The second-order valence-electron chi connectivity index (χ2n) is 4.47. The summed E-state index contributed by atoms with van der Waals surface area (Å²) in [6, 6.07) is 9.81. The Bertz CT molecular complexity index is 554. The molecule has 0 aliphatic carbocycles. The minimum Gasteiger partial charge on any atom is -0.497 e. The Morgan fingerprint density at radius 1 is 1.20 bits per heavy atom. The normalized spacial score (nSPS) is 10.3. The standard InChI is InChI=1S/C15H20N4O/c1-3-14-18-13(16)10-15(19-14)17-9-8-11-4-6-12(20-2)7-5-11/h4-7,10H,3,8-9H2,1-2H3,(H3,16,17,18,19). The lowest BCUT2D eigenvalue weighted by Crippen LogP contribution is -2.09. The molecule has 0 amide bonds. The summed E-state index contributed by atoms with van der Waals surface area (Å²) in [7, 11) is 1.67. The molecule has 0 bridgehead atoms. The van der Waals surface area contributed by atoms with E-state index in [1.165, 1.54) is 5.56 Å². The number of ether oxygens (including phenoxy) is 1. The van der Waals surface area contributed by atoms with Gasteiger partial charge in [0.2, 0.25) is 0 Å². The molecule has 0 saturated heterocycles. The quantitative estimate of drug-likeness (QED) is 0.844. The minimum atomic E-state index is 0.504. The molecule has 0 saturated carbocycles. The van der Waals surface area contributed by atoms with Crippen LogP contribution in [0.4, 0.5) is 11.6 Å². The highest BCUT2D eigenvalue weighted by Gasteiger charge is 2.01. The highest BCUT2D eigenvalue weighted by molar-refractivity contribution is 5.44. The number of nitrogens with zero attached hydrogens (tertiary/aromatic N) is 2. The number of benzene rings is 1. The Balaban J connectivity index is 1.90. The lowest BCUT2D eigenvalue weighted by atomic mass is 10.1. The zero-order chi connectivity index (χ0) is 14.4. The Hall–Kier alpha value is -2.30. The molecule has 0 unspecified atom stereocenters. The molecule has 2 rings (SSSR count). The van der Waals surface area contributed by atoms with E-state index in [4.69, 9.17) is 10.5 Å². The fourth-order valence-electron chi connectivity index (χ4n) is 1.89. The lowest BCUT2D eigenvalue weighted by molar-refractivity contribution is 0.414. The molecule has 0 radical (unpaired) electrons. The van der Waals surface area contributed by atoms with Crippen molar-refractivity contribution >= 4 is 11.6 Å². The Morgan fingerprint density at radius 2 is 1.95 bits per heavy atom. The SMILES string of the molecule is CCc1nc(N)cc(NCCc2ccc(OC)cc2)n1. The van der Waals surface area contributed by atoms with Crippen LogP contribution >= 0.6 is 0 Å². The van der Waals surface area contributed by atoms with Crippen molar-refractivity contribution in [3.63, 3.8) is 0 Å². The van der Waals surface area contributed by atoms with Gasteiger partial charge in [0.25, 0.3) is 0 Å². The van der Waals surface area contributed by atoms with Gasteiger partial charge in [-0.05, 0) is 24.1 Å². The van der Waals surface area contributed by atoms with Crippen molar-refractivity contribution in [3.05, 3.63) is 41.7 Å². The molecule has 1 heterocycles. The number of aromatic nitrogens is 2. The van der Waals surface area contributed by atoms with E-state index in [9.17, 15) is 0 Å². The van der Waals surface area contributed by atoms with E-state index >= 15 is 0 Å². The first-order valence-electron chi connectivity index (χ1n) is 6.71. The molecule has 5 heteroatoms. The van der Waals surface area contributed by atoms with E-state index in [-0.39, 0.29) is 0 Å². The maximum Gasteiger partial charge on any atom is 0.132 e. The second-order valence-corrected chi connectivity index (χ2v) is 4.47. The molecule has 106 valence electrons. The molecule has 0 fully saturated rings. The Kier molecular flexibility index (Phi) is 4.76. The van der Waals surface area contributed by atoms with Gasteiger partial charge in [-0.1, -0.05) is 19.1 Å². The minimum absolute atomic E-state index is 0.504. The Morgan fingerprint density at radius 3 is 2.60 bits per heavy atom. The van der Waals surface area contributed by atoms with Crippen LogP contribution < -0.4 is 15.8 Å². The van der Waals surface area contributed by atoms with E-state index in [1.807, 2.05) is 19.1 Å². The monoisotopic (exact) mass is 272 g/mol. The van der Waals surface area contributed by atoms with Crippen LogP contribution in [-0.2, 0) is 12.8 Å². The molecule has 1 aromatic heterocycles. The van der Waals surface area contributed by atoms with E-state index in [0.717, 1.165) is 36.8 Å². The van der Waals surface area contributed by atoms with Gasteiger partial charge >= 0.3 is 0 Å². The first-order chi connectivity index (χ1) is 9.71. The summed E-state index contributed by atoms with van der Waals surface area (Å²) in [5, 5.41) is 3.27. The van der Waals surface area contributed by atoms with Crippen molar-refractivity contribution in [2.24, 2.45) is 0 Å². The van der Waals surface area contributed by atoms with Crippen molar-refractivity contribution in [3.8, 4) is 5.75 Å². The first-order valence-corrected chi connectivity index (χ1v) is 6.71. The summed E-state index contributed by atoms with van der Waals surface area (Å²) in [5.41, 5.74) is 6.99. The van der Waals surface area contributed by atoms with Gasteiger partial charge in [-0.15, -0.1) is 0 Å². The van der Waals surface area contributed by atoms with Gasteiger partial charge in [-0.2, -0.15) is 0 Å². The summed E-state index contributed by atoms with van der Waals surface area (Å²) in [4.78, 5) is 8.54. The largest absolute Gasteiger partial charge is 0.497 e. The van der Waals surface area contributed by atoms with Gasteiger partial charge in [0.15, 0.2) is 0 Å². The van der Waals surface area contributed by atoms with Crippen molar-refractivity contribution in [1.29, 1.82) is 0 Å². The van der Waals surface area contributed by atoms with Crippen molar-refractivity contribution < 1.29 is 4.74 Å². The third-order valence-corrected chi connectivity index (χ3v) is 2.99. The van der Waals surface area contributed by atoms with Gasteiger partial charge in [-0.3, -0.25) is 0 Å². The molecule has 1 aromatic carbocycles. The first kappa shape index (κ1) is 14.1. The average molecular weight is 272 g/mol. The summed E-state index contributed by atoms with van der Waals surface area (Å²) in [6.45, 7) is 2.81. The third kappa shape index (κ3) is 3.85. The molecule has 0 atom stereocenters. The fourth-order valence-corrected chi connectivity index (χ4v) is 1.89. The highest BCUT2D eigenvalue weighted by atomic mass is 16.5. The topological polar surface area (TPSA) is 73.1 Å². The third-order valence-electron chi connectivity index (χ3n) is 2.99. The predicted octanol–water partition coefficient (Wildman–Crippen LogP) is 2.28. The predicted molar refractivity (Wildman–Crippen MR) is 81.0 cm³/mol. The number of nitrogens with one attached hydrogen (secondary N) is 1. The maximum absolute atomic E-state index is 5.74. The molecular formula is C15H20N4O. The van der Waals surface area contributed by atoms with Crippen LogP contribution in [0.1, 0.15) is 18.3 Å². The number of hydrogen-bond donors (Lipinski definition) is 2. The number of hydrogen-bond acceptors (Lipinski definition) is 5. The van der Waals surface area contributed by atoms with E-state index in [0.29, 0.717) is 5.82 Å². The molecule has 20 heavy (non-hydrogen) atoms. The van der Waals surface area contributed by atoms with Gasteiger partial charge < -0.3 is 15.8 Å². The molecule has 0 aliphatic heterocycles. The molecule has 2 aromatic rings. The van der Waals surface area contributed by atoms with Crippen molar-refractivity contribution in [2.75, 3.05) is 24.7 Å². The van der Waals surface area contributed by atoms with Crippen LogP contribution in [0.5, 0.6) is 5.75 Å². The van der Waals surface area contributed by atoms with E-state index < -0.39 is 0 Å². The number of rotatable bonds is 6.